The minimum Gasteiger partial charge on any atom is -0.495 e. The number of carbonyl (C=O) groups is 2. The van der Waals surface area contributed by atoms with Gasteiger partial charge in [-0.05, 0) is 55.2 Å². The molecule has 1 fully saturated rings. The Morgan fingerprint density at radius 1 is 1.03 bits per heavy atom. The number of benzene rings is 2. The molecule has 7 nitrogen and oxygen atoms in total. The van der Waals surface area contributed by atoms with E-state index in [-0.39, 0.29) is 12.6 Å². The summed E-state index contributed by atoms with van der Waals surface area (Å²) in [7, 11) is 1.54. The lowest BCUT2D eigenvalue weighted by Gasteiger charge is -2.28. The molecule has 1 heterocycles. The molecule has 4 rings (SSSR count). The largest absolute Gasteiger partial charge is 0.495 e. The minimum atomic E-state index is -0.767. The summed E-state index contributed by atoms with van der Waals surface area (Å²) in [4.78, 5) is 25.6. The number of methoxy groups -OCH3 is 1. The molecule has 1 aliphatic carbocycles. The number of hydrogen-bond donors (Lipinski definition) is 1. The van der Waals surface area contributed by atoms with Crippen LogP contribution >= 0.6 is 0 Å². The first-order valence-corrected chi connectivity index (χ1v) is 10.5. The van der Waals surface area contributed by atoms with Crippen LogP contribution in [0.15, 0.2) is 36.4 Å². The van der Waals surface area contributed by atoms with E-state index in [0.29, 0.717) is 49.0 Å². The first kappa shape index (κ1) is 21.0. The Labute approximate surface area is 181 Å². The van der Waals surface area contributed by atoms with E-state index in [2.05, 4.69) is 5.32 Å². The Bertz CT molecular complexity index is 980. The summed E-state index contributed by atoms with van der Waals surface area (Å²) < 4.78 is 22.1. The maximum atomic E-state index is 13.2. The Balaban J connectivity index is 1.46. The van der Waals surface area contributed by atoms with Gasteiger partial charge in [0.15, 0.2) is 18.1 Å². The van der Waals surface area contributed by atoms with Crippen LogP contribution in [0.4, 0.5) is 5.69 Å². The number of carbonyl (C=O) groups excluding carboxylic acids is 2. The zero-order chi connectivity index (χ0) is 21.8. The van der Waals surface area contributed by atoms with Gasteiger partial charge < -0.3 is 24.3 Å². The molecule has 0 bridgehead atoms. The van der Waals surface area contributed by atoms with E-state index < -0.39 is 11.3 Å². The second kappa shape index (κ2) is 8.88. The van der Waals surface area contributed by atoms with Gasteiger partial charge in [0.1, 0.15) is 19.0 Å². The first-order valence-electron chi connectivity index (χ1n) is 10.5. The molecule has 0 atom stereocenters. The molecule has 7 heteroatoms. The first-order chi connectivity index (χ1) is 15.0. The number of nitrogens with one attached hydrogen (secondary N) is 1. The molecule has 164 valence electrons. The smallest absolute Gasteiger partial charge is 0.317 e. The lowest BCUT2D eigenvalue weighted by molar-refractivity contribution is -0.153. The number of anilines is 1. The van der Waals surface area contributed by atoms with Crippen molar-refractivity contribution in [2.75, 3.05) is 32.2 Å². The van der Waals surface area contributed by atoms with Gasteiger partial charge in [-0.3, -0.25) is 9.59 Å². The summed E-state index contributed by atoms with van der Waals surface area (Å²) >= 11 is 0. The number of ether oxygens (including phenoxy) is 4. The standard InChI is InChI=1S/C24H27NO6/c1-16-5-7-19(28-2)18(13-16)25-22(26)15-31-23(27)24(9-3-4-10-24)17-6-8-20-21(14-17)30-12-11-29-20/h5-8,13-14H,3-4,9-12,15H2,1-2H3,(H,25,26). The molecule has 31 heavy (non-hydrogen) atoms. The van der Waals surface area contributed by atoms with Gasteiger partial charge in [-0.25, -0.2) is 0 Å². The molecule has 0 saturated heterocycles. The predicted molar refractivity (Wildman–Crippen MR) is 115 cm³/mol. The lowest BCUT2D eigenvalue weighted by atomic mass is 9.78. The second-order valence-electron chi connectivity index (χ2n) is 7.98. The predicted octanol–water partition coefficient (Wildman–Crippen LogP) is 3.77. The van der Waals surface area contributed by atoms with Gasteiger partial charge in [0.25, 0.3) is 5.91 Å². The normalized spacial score (nSPS) is 16.5. The van der Waals surface area contributed by atoms with Crippen molar-refractivity contribution in [1.29, 1.82) is 0 Å². The van der Waals surface area contributed by atoms with Crippen LogP contribution in [0, 0.1) is 6.92 Å². The van der Waals surface area contributed by atoms with Crippen LogP contribution in [0.3, 0.4) is 0 Å². The van der Waals surface area contributed by atoms with Crippen molar-refractivity contribution in [3.8, 4) is 17.2 Å². The molecular weight excluding hydrogens is 398 g/mol. The van der Waals surface area contributed by atoms with Crippen molar-refractivity contribution >= 4 is 17.6 Å². The molecule has 1 aliphatic heterocycles. The van der Waals surface area contributed by atoms with Gasteiger partial charge in [0, 0.05) is 0 Å². The summed E-state index contributed by atoms with van der Waals surface area (Å²) in [5.74, 6) is 1.09. The van der Waals surface area contributed by atoms with Gasteiger partial charge in [0.05, 0.1) is 18.2 Å². The molecule has 1 amide bonds. The van der Waals surface area contributed by atoms with Crippen molar-refractivity contribution in [3.05, 3.63) is 47.5 Å². The van der Waals surface area contributed by atoms with E-state index in [1.165, 1.54) is 7.11 Å². The topological polar surface area (TPSA) is 83.1 Å². The SMILES string of the molecule is COc1ccc(C)cc1NC(=O)COC(=O)C1(c2ccc3c(c2)OCCO3)CCCC1. The molecule has 1 N–H and O–H groups in total. The monoisotopic (exact) mass is 425 g/mol. The average Bonchev–Trinajstić information content (AvgIpc) is 3.28. The molecule has 0 spiro atoms. The molecule has 2 aromatic rings. The summed E-state index contributed by atoms with van der Waals surface area (Å²) in [5.41, 5.74) is 1.61. The van der Waals surface area contributed by atoms with E-state index >= 15 is 0 Å². The fourth-order valence-electron chi connectivity index (χ4n) is 4.31. The Morgan fingerprint density at radius 3 is 2.52 bits per heavy atom. The van der Waals surface area contributed by atoms with Crippen LogP contribution in [0.25, 0.3) is 0 Å². The highest BCUT2D eigenvalue weighted by atomic mass is 16.6. The zero-order valence-corrected chi connectivity index (χ0v) is 17.9. The van der Waals surface area contributed by atoms with Crippen LogP contribution in [0.2, 0.25) is 0 Å². The van der Waals surface area contributed by atoms with Gasteiger partial charge >= 0.3 is 5.97 Å². The highest BCUT2D eigenvalue weighted by Crippen LogP contribution is 2.45. The second-order valence-corrected chi connectivity index (χ2v) is 7.98. The molecule has 0 radical (unpaired) electrons. The average molecular weight is 425 g/mol. The quantitative estimate of drug-likeness (QED) is 0.710. The third kappa shape index (κ3) is 4.31. The number of rotatable bonds is 6. The van der Waals surface area contributed by atoms with E-state index in [1.54, 1.807) is 6.07 Å². The molecule has 2 aromatic carbocycles. The molecule has 2 aliphatic rings. The van der Waals surface area contributed by atoms with Crippen molar-refractivity contribution in [2.24, 2.45) is 0 Å². The van der Waals surface area contributed by atoms with E-state index in [0.717, 1.165) is 24.0 Å². The summed E-state index contributed by atoms with van der Waals surface area (Å²) in [6.07, 6.45) is 3.21. The number of fused-ring (bicyclic) bond motifs is 1. The highest BCUT2D eigenvalue weighted by Gasteiger charge is 2.45. The van der Waals surface area contributed by atoms with Crippen LogP contribution in [-0.4, -0.2) is 38.8 Å². The van der Waals surface area contributed by atoms with Crippen molar-refractivity contribution in [1.82, 2.24) is 0 Å². The Kier molecular flexibility index (Phi) is 6.02. The third-order valence-corrected chi connectivity index (χ3v) is 5.91. The van der Waals surface area contributed by atoms with Gasteiger partial charge in [-0.2, -0.15) is 0 Å². The van der Waals surface area contributed by atoms with Gasteiger partial charge in [-0.1, -0.05) is 25.0 Å². The van der Waals surface area contributed by atoms with E-state index in [1.807, 2.05) is 37.3 Å². The summed E-state index contributed by atoms with van der Waals surface area (Å²) in [6, 6.07) is 11.1. The number of hydrogen-bond acceptors (Lipinski definition) is 6. The molecular formula is C24H27NO6. The van der Waals surface area contributed by atoms with Crippen molar-refractivity contribution < 1.29 is 28.5 Å². The highest BCUT2D eigenvalue weighted by molar-refractivity contribution is 5.95. The zero-order valence-electron chi connectivity index (χ0n) is 17.9. The van der Waals surface area contributed by atoms with E-state index in [9.17, 15) is 9.59 Å². The molecule has 0 aromatic heterocycles. The fraction of sp³-hybridized carbons (Fsp3) is 0.417. The maximum Gasteiger partial charge on any atom is 0.317 e. The van der Waals surface area contributed by atoms with Crippen LogP contribution in [-0.2, 0) is 19.7 Å². The lowest BCUT2D eigenvalue weighted by Crippen LogP contribution is -2.36. The number of esters is 1. The van der Waals surface area contributed by atoms with Crippen LogP contribution in [0.1, 0.15) is 36.8 Å². The number of aryl methyl sites for hydroxylation is 1. The van der Waals surface area contributed by atoms with Crippen molar-refractivity contribution in [2.45, 2.75) is 38.0 Å². The van der Waals surface area contributed by atoms with Gasteiger partial charge in [-0.15, -0.1) is 0 Å². The number of amides is 1. The Morgan fingerprint density at radius 2 is 1.77 bits per heavy atom. The molecule has 0 unspecified atom stereocenters. The minimum absolute atomic E-state index is 0.359. The fourth-order valence-corrected chi connectivity index (χ4v) is 4.31. The van der Waals surface area contributed by atoms with Crippen LogP contribution < -0.4 is 19.5 Å². The maximum absolute atomic E-state index is 13.2. The van der Waals surface area contributed by atoms with Gasteiger partial charge in [0.2, 0.25) is 0 Å². The Hall–Kier alpha value is -3.22. The van der Waals surface area contributed by atoms with E-state index in [4.69, 9.17) is 18.9 Å². The summed E-state index contributed by atoms with van der Waals surface area (Å²) in [5, 5.41) is 2.76. The summed E-state index contributed by atoms with van der Waals surface area (Å²) in [6.45, 7) is 2.56. The van der Waals surface area contributed by atoms with Crippen molar-refractivity contribution in [3.63, 3.8) is 0 Å². The third-order valence-electron chi connectivity index (χ3n) is 5.91. The molecule has 1 saturated carbocycles. The van der Waals surface area contributed by atoms with Crippen LogP contribution in [0.5, 0.6) is 17.2 Å².